The molecule has 0 saturated heterocycles. The third kappa shape index (κ3) is 4.80. The Kier molecular flexibility index (Phi) is 8.52. The van der Waals surface area contributed by atoms with Gasteiger partial charge in [-0.1, -0.05) is 19.1 Å². The Bertz CT molecular complexity index is 186. The topological polar surface area (TPSA) is 53.7 Å². The van der Waals surface area contributed by atoms with Gasteiger partial charge >= 0.3 is 8.32 Å². The average Bonchev–Trinajstić information content (AvgIpc) is 2.27. The molecule has 0 radical (unpaired) electrons. The Labute approximate surface area is 108 Å². The predicted octanol–water partition coefficient (Wildman–Crippen LogP) is 2.17. The van der Waals surface area contributed by atoms with Gasteiger partial charge < -0.3 is 19.0 Å². The third-order valence-corrected chi connectivity index (χ3v) is 15.1. The van der Waals surface area contributed by atoms with Gasteiger partial charge in [-0.05, 0) is 33.7 Å². The number of nitrogens with two attached hydrogens (primary N) is 1. The van der Waals surface area contributed by atoms with Gasteiger partial charge in [-0.25, -0.2) is 0 Å². The largest absolute Gasteiger partial charge is 0.469 e. The van der Waals surface area contributed by atoms with Crippen LogP contribution in [0.4, 0.5) is 0 Å². The maximum atomic E-state index is 5.99. The summed E-state index contributed by atoms with van der Waals surface area (Å²) in [6, 6.07) is 1.11. The molecule has 0 aliphatic heterocycles. The number of hydrogen-bond acceptors (Lipinski definition) is 4. The van der Waals surface area contributed by atoms with E-state index in [9.17, 15) is 0 Å². The molecule has 0 aliphatic carbocycles. The first-order valence-electron chi connectivity index (χ1n) is 6.61. The molecule has 0 spiro atoms. The van der Waals surface area contributed by atoms with E-state index < -0.39 is 15.9 Å². The zero-order chi connectivity index (χ0) is 13.4. The SMILES string of the molecule is CCO[Si](OCC)(OCC)[Si](C)(C)CCCN. The van der Waals surface area contributed by atoms with Crippen LogP contribution in [0.1, 0.15) is 27.2 Å². The van der Waals surface area contributed by atoms with Gasteiger partial charge in [-0.2, -0.15) is 0 Å². The van der Waals surface area contributed by atoms with E-state index in [0.717, 1.165) is 19.0 Å². The molecule has 104 valence electrons. The standard InChI is InChI=1S/C11H29NO3Si2/c1-6-13-17(14-7-2,15-8-3)16(4,5)11-9-10-12/h6-12H2,1-5H3. The maximum Gasteiger partial charge on any atom is 0.469 e. The second-order valence-corrected chi connectivity index (χ2v) is 16.8. The van der Waals surface area contributed by atoms with Gasteiger partial charge in [0.15, 0.2) is 0 Å². The Balaban J connectivity index is 4.93. The van der Waals surface area contributed by atoms with Crippen LogP contribution in [-0.4, -0.2) is 42.3 Å². The van der Waals surface area contributed by atoms with Crippen molar-refractivity contribution in [2.45, 2.75) is 46.3 Å². The Morgan fingerprint density at radius 3 is 1.59 bits per heavy atom. The first-order valence-corrected chi connectivity index (χ1v) is 12.5. The summed E-state index contributed by atoms with van der Waals surface area (Å²) in [5.74, 6) is 0. The van der Waals surface area contributed by atoms with E-state index in [0.29, 0.717) is 19.8 Å². The fourth-order valence-corrected chi connectivity index (χ4v) is 12.2. The van der Waals surface area contributed by atoms with Crippen LogP contribution in [0, 0.1) is 0 Å². The van der Waals surface area contributed by atoms with Crippen molar-refractivity contribution >= 4 is 15.9 Å². The molecule has 0 heterocycles. The van der Waals surface area contributed by atoms with Gasteiger partial charge in [0, 0.05) is 19.8 Å². The summed E-state index contributed by atoms with van der Waals surface area (Å²) in [5, 5.41) is 0. The van der Waals surface area contributed by atoms with Crippen molar-refractivity contribution in [3.05, 3.63) is 0 Å². The van der Waals surface area contributed by atoms with E-state index in [1.807, 2.05) is 20.8 Å². The molecule has 0 unspecified atom stereocenters. The number of hydrogen-bond donors (Lipinski definition) is 1. The molecule has 0 amide bonds. The molecular formula is C11H29NO3Si2. The molecule has 4 nitrogen and oxygen atoms in total. The van der Waals surface area contributed by atoms with Crippen molar-refractivity contribution in [2.24, 2.45) is 5.73 Å². The quantitative estimate of drug-likeness (QED) is 0.623. The maximum absolute atomic E-state index is 5.99. The van der Waals surface area contributed by atoms with Crippen LogP contribution < -0.4 is 5.73 Å². The molecule has 0 atom stereocenters. The third-order valence-electron chi connectivity index (χ3n) is 2.84. The van der Waals surface area contributed by atoms with Crippen LogP contribution in [0.15, 0.2) is 0 Å². The lowest BCUT2D eigenvalue weighted by atomic mass is 10.5. The molecule has 0 aromatic rings. The van der Waals surface area contributed by atoms with Crippen molar-refractivity contribution in [3.8, 4) is 0 Å². The van der Waals surface area contributed by atoms with Crippen LogP contribution in [0.2, 0.25) is 19.1 Å². The Morgan fingerprint density at radius 1 is 0.882 bits per heavy atom. The van der Waals surface area contributed by atoms with E-state index in [1.165, 1.54) is 0 Å². The lowest BCUT2D eigenvalue weighted by Gasteiger charge is -2.39. The van der Waals surface area contributed by atoms with Gasteiger partial charge in [-0.3, -0.25) is 0 Å². The molecule has 0 rings (SSSR count). The van der Waals surface area contributed by atoms with Crippen LogP contribution in [-0.2, 0) is 13.3 Å². The van der Waals surface area contributed by atoms with Gasteiger partial charge in [0.2, 0.25) is 0 Å². The van der Waals surface area contributed by atoms with Crippen molar-refractivity contribution in [2.75, 3.05) is 26.4 Å². The zero-order valence-electron chi connectivity index (χ0n) is 12.0. The summed E-state index contributed by atoms with van der Waals surface area (Å²) in [7, 11) is -4.15. The molecule has 0 aromatic heterocycles. The fourth-order valence-electron chi connectivity index (χ4n) is 1.98. The summed E-state index contributed by atoms with van der Waals surface area (Å²) in [4.78, 5) is 0. The second-order valence-electron chi connectivity index (χ2n) is 4.63. The molecule has 0 bridgehead atoms. The van der Waals surface area contributed by atoms with Gasteiger partial charge in [-0.15, -0.1) is 0 Å². The highest BCUT2D eigenvalue weighted by atomic mass is 29.3. The van der Waals surface area contributed by atoms with E-state index in [2.05, 4.69) is 13.1 Å². The smallest absolute Gasteiger partial charge is 0.377 e. The lowest BCUT2D eigenvalue weighted by Crippen LogP contribution is -2.66. The van der Waals surface area contributed by atoms with Gasteiger partial charge in [0.25, 0.3) is 0 Å². The highest BCUT2D eigenvalue weighted by Gasteiger charge is 2.55. The molecule has 0 aromatic carbocycles. The van der Waals surface area contributed by atoms with Crippen molar-refractivity contribution in [1.29, 1.82) is 0 Å². The van der Waals surface area contributed by atoms with Crippen molar-refractivity contribution in [3.63, 3.8) is 0 Å². The van der Waals surface area contributed by atoms with E-state index in [1.54, 1.807) is 0 Å². The predicted molar refractivity (Wildman–Crippen MR) is 76.6 cm³/mol. The fraction of sp³-hybridized carbons (Fsp3) is 1.00. The monoisotopic (exact) mass is 279 g/mol. The average molecular weight is 280 g/mol. The molecule has 0 fully saturated rings. The lowest BCUT2D eigenvalue weighted by molar-refractivity contribution is 0.0903. The minimum absolute atomic E-state index is 0.658. The van der Waals surface area contributed by atoms with Crippen LogP contribution in [0.3, 0.4) is 0 Å². The highest BCUT2D eigenvalue weighted by Crippen LogP contribution is 2.28. The normalized spacial score (nSPS) is 13.1. The molecule has 0 aliphatic rings. The Morgan fingerprint density at radius 2 is 1.29 bits per heavy atom. The molecular weight excluding hydrogens is 250 g/mol. The van der Waals surface area contributed by atoms with Crippen molar-refractivity contribution in [1.82, 2.24) is 0 Å². The van der Waals surface area contributed by atoms with Gasteiger partial charge in [0.05, 0.1) is 0 Å². The summed E-state index contributed by atoms with van der Waals surface area (Å²) in [5.41, 5.74) is 5.62. The van der Waals surface area contributed by atoms with E-state index in [4.69, 9.17) is 19.0 Å². The first-order chi connectivity index (χ1) is 7.99. The Hall–Kier alpha value is 0.274. The molecule has 6 heteroatoms. The molecule has 2 N–H and O–H groups in total. The highest BCUT2D eigenvalue weighted by molar-refractivity contribution is 7.34. The van der Waals surface area contributed by atoms with E-state index in [-0.39, 0.29) is 0 Å². The summed E-state index contributed by atoms with van der Waals surface area (Å²) in [6.45, 7) is 13.3. The number of rotatable bonds is 10. The minimum atomic E-state index is -2.48. The van der Waals surface area contributed by atoms with Crippen LogP contribution >= 0.6 is 0 Å². The van der Waals surface area contributed by atoms with Gasteiger partial charge in [0.1, 0.15) is 7.59 Å². The summed E-state index contributed by atoms with van der Waals surface area (Å²) < 4.78 is 18.0. The van der Waals surface area contributed by atoms with Crippen LogP contribution in [0.25, 0.3) is 0 Å². The van der Waals surface area contributed by atoms with Crippen molar-refractivity contribution < 1.29 is 13.3 Å². The zero-order valence-corrected chi connectivity index (χ0v) is 14.0. The van der Waals surface area contributed by atoms with E-state index >= 15 is 0 Å². The second kappa shape index (κ2) is 8.39. The minimum Gasteiger partial charge on any atom is -0.377 e. The first kappa shape index (κ1) is 17.3. The molecule has 0 saturated carbocycles. The molecule has 17 heavy (non-hydrogen) atoms. The summed E-state index contributed by atoms with van der Waals surface area (Å²) >= 11 is 0. The van der Waals surface area contributed by atoms with Crippen LogP contribution in [0.5, 0.6) is 0 Å². The summed E-state index contributed by atoms with van der Waals surface area (Å²) in [6.07, 6.45) is 1.03.